The molecule has 1 aromatic carbocycles. The van der Waals surface area contributed by atoms with Crippen LogP contribution >= 0.6 is 11.6 Å². The first-order valence-electron chi connectivity index (χ1n) is 6.82. The van der Waals surface area contributed by atoms with Gasteiger partial charge in [0.05, 0.1) is 28.7 Å². The third-order valence-corrected chi connectivity index (χ3v) is 4.07. The number of carbonyl (C=O) groups excluding carboxylic acids is 1. The molecular formula is C14H17ClN2O5. The molecular weight excluding hydrogens is 312 g/mol. The SMILES string of the molecule is COc1cc(C(=O)N2CCC(OC)CC2)c(Cl)cc1[N+](=O)[O-]. The number of methoxy groups -OCH3 is 2. The van der Waals surface area contributed by atoms with Crippen LogP contribution in [0.1, 0.15) is 23.2 Å². The Labute approximate surface area is 132 Å². The average molecular weight is 329 g/mol. The topological polar surface area (TPSA) is 81.9 Å². The molecule has 0 atom stereocenters. The van der Waals surface area contributed by atoms with Crippen molar-refractivity contribution in [3.8, 4) is 5.75 Å². The van der Waals surface area contributed by atoms with Crippen LogP contribution in [0.3, 0.4) is 0 Å². The lowest BCUT2D eigenvalue weighted by Crippen LogP contribution is -2.40. The van der Waals surface area contributed by atoms with Crippen molar-refractivity contribution < 1.29 is 19.2 Å². The molecule has 0 unspecified atom stereocenters. The second kappa shape index (κ2) is 6.93. The van der Waals surface area contributed by atoms with Gasteiger partial charge in [-0.15, -0.1) is 0 Å². The van der Waals surface area contributed by atoms with Gasteiger partial charge in [0.1, 0.15) is 0 Å². The maximum Gasteiger partial charge on any atom is 0.312 e. The van der Waals surface area contributed by atoms with E-state index in [4.69, 9.17) is 21.1 Å². The summed E-state index contributed by atoms with van der Waals surface area (Å²) < 4.78 is 10.3. The van der Waals surface area contributed by atoms with Gasteiger partial charge in [0.25, 0.3) is 5.91 Å². The summed E-state index contributed by atoms with van der Waals surface area (Å²) >= 11 is 6.04. The van der Waals surface area contributed by atoms with E-state index in [1.165, 1.54) is 13.2 Å². The molecule has 0 aromatic heterocycles. The van der Waals surface area contributed by atoms with Crippen LogP contribution in [-0.2, 0) is 4.74 Å². The zero-order valence-electron chi connectivity index (χ0n) is 12.4. The number of ether oxygens (including phenoxy) is 2. The van der Waals surface area contributed by atoms with E-state index >= 15 is 0 Å². The van der Waals surface area contributed by atoms with E-state index in [0.717, 1.165) is 18.9 Å². The number of benzene rings is 1. The van der Waals surface area contributed by atoms with Crippen LogP contribution in [0.25, 0.3) is 0 Å². The van der Waals surface area contributed by atoms with Gasteiger partial charge >= 0.3 is 5.69 Å². The fraction of sp³-hybridized carbons (Fsp3) is 0.500. The Morgan fingerprint density at radius 2 is 2.00 bits per heavy atom. The third kappa shape index (κ3) is 3.31. The molecule has 1 aromatic rings. The standard InChI is InChI=1S/C14H17ClN2O5/c1-21-9-3-5-16(6-4-9)14(18)10-7-13(22-2)12(17(19)20)8-11(10)15/h7-9H,3-6H2,1-2H3. The first-order valence-corrected chi connectivity index (χ1v) is 7.19. The molecule has 2 rings (SSSR count). The van der Waals surface area contributed by atoms with Gasteiger partial charge in [-0.25, -0.2) is 0 Å². The van der Waals surface area contributed by atoms with Crippen LogP contribution in [-0.4, -0.2) is 49.1 Å². The Bertz CT molecular complexity index is 585. The van der Waals surface area contributed by atoms with Gasteiger partial charge in [0.15, 0.2) is 5.75 Å². The quantitative estimate of drug-likeness (QED) is 0.626. The van der Waals surface area contributed by atoms with Crippen molar-refractivity contribution in [2.75, 3.05) is 27.3 Å². The number of nitrogens with zero attached hydrogens (tertiary/aromatic N) is 2. The van der Waals surface area contributed by atoms with E-state index in [-0.39, 0.29) is 34.0 Å². The molecule has 0 spiro atoms. The first kappa shape index (κ1) is 16.5. The van der Waals surface area contributed by atoms with E-state index in [2.05, 4.69) is 0 Å². The second-order valence-electron chi connectivity index (χ2n) is 4.99. The highest BCUT2D eigenvalue weighted by atomic mass is 35.5. The van der Waals surface area contributed by atoms with E-state index in [1.54, 1.807) is 12.0 Å². The largest absolute Gasteiger partial charge is 0.490 e. The highest BCUT2D eigenvalue weighted by Gasteiger charge is 2.27. The van der Waals surface area contributed by atoms with Crippen LogP contribution in [0, 0.1) is 10.1 Å². The molecule has 1 heterocycles. The average Bonchev–Trinajstić information content (AvgIpc) is 2.54. The van der Waals surface area contributed by atoms with E-state index < -0.39 is 4.92 Å². The van der Waals surface area contributed by atoms with Crippen LogP contribution in [0.5, 0.6) is 5.75 Å². The number of nitro groups is 1. The molecule has 1 amide bonds. The summed E-state index contributed by atoms with van der Waals surface area (Å²) in [5.41, 5.74) is -0.0536. The summed E-state index contributed by atoms with van der Waals surface area (Å²) in [6, 6.07) is 2.47. The number of nitro benzene ring substituents is 1. The Hall–Kier alpha value is -1.86. The maximum atomic E-state index is 12.5. The van der Waals surface area contributed by atoms with Crippen LogP contribution in [0.2, 0.25) is 5.02 Å². The fourth-order valence-corrected chi connectivity index (χ4v) is 2.72. The molecule has 1 saturated heterocycles. The molecule has 0 N–H and O–H groups in total. The van der Waals surface area contributed by atoms with Gasteiger partial charge in [-0.05, 0) is 12.8 Å². The van der Waals surface area contributed by atoms with Crippen molar-refractivity contribution in [3.63, 3.8) is 0 Å². The summed E-state index contributed by atoms with van der Waals surface area (Å²) in [5.74, 6) is -0.239. The highest BCUT2D eigenvalue weighted by molar-refractivity contribution is 6.34. The maximum absolute atomic E-state index is 12.5. The zero-order valence-corrected chi connectivity index (χ0v) is 13.1. The number of rotatable bonds is 4. The van der Waals surface area contributed by atoms with Crippen molar-refractivity contribution in [1.29, 1.82) is 0 Å². The molecule has 7 nitrogen and oxygen atoms in total. The van der Waals surface area contributed by atoms with Crippen LogP contribution < -0.4 is 4.74 Å². The van der Waals surface area contributed by atoms with Crippen molar-refractivity contribution in [2.24, 2.45) is 0 Å². The summed E-state index contributed by atoms with van der Waals surface area (Å²) in [7, 11) is 2.97. The molecule has 1 aliphatic heterocycles. The predicted molar refractivity (Wildman–Crippen MR) is 80.6 cm³/mol. The van der Waals surface area contributed by atoms with Gasteiger partial charge in [-0.2, -0.15) is 0 Å². The lowest BCUT2D eigenvalue weighted by molar-refractivity contribution is -0.385. The number of piperidine rings is 1. The van der Waals surface area contributed by atoms with Crippen molar-refractivity contribution >= 4 is 23.2 Å². The number of amides is 1. The molecule has 0 bridgehead atoms. The molecule has 1 aliphatic rings. The smallest absolute Gasteiger partial charge is 0.312 e. The summed E-state index contributed by atoms with van der Waals surface area (Å²) in [5, 5.41) is 11.0. The van der Waals surface area contributed by atoms with Gasteiger partial charge in [0, 0.05) is 32.3 Å². The van der Waals surface area contributed by atoms with Crippen molar-refractivity contribution in [1.82, 2.24) is 4.90 Å². The van der Waals surface area contributed by atoms with E-state index in [0.29, 0.717) is 13.1 Å². The van der Waals surface area contributed by atoms with Gasteiger partial charge in [-0.1, -0.05) is 11.6 Å². The monoisotopic (exact) mass is 328 g/mol. The minimum Gasteiger partial charge on any atom is -0.490 e. The number of halogens is 1. The summed E-state index contributed by atoms with van der Waals surface area (Å²) in [6.45, 7) is 1.12. The highest BCUT2D eigenvalue weighted by Crippen LogP contribution is 2.33. The van der Waals surface area contributed by atoms with Crippen LogP contribution in [0.4, 0.5) is 5.69 Å². The number of carbonyl (C=O) groups is 1. The third-order valence-electron chi connectivity index (χ3n) is 3.76. The minimum atomic E-state index is -0.594. The molecule has 22 heavy (non-hydrogen) atoms. The minimum absolute atomic E-state index is 0.0181. The second-order valence-corrected chi connectivity index (χ2v) is 5.40. The fourth-order valence-electron chi connectivity index (χ4n) is 2.48. The Morgan fingerprint density at radius 3 is 2.50 bits per heavy atom. The number of hydrogen-bond acceptors (Lipinski definition) is 5. The molecule has 0 aliphatic carbocycles. The lowest BCUT2D eigenvalue weighted by Gasteiger charge is -2.31. The predicted octanol–water partition coefficient (Wildman–Crippen LogP) is 2.51. The van der Waals surface area contributed by atoms with Gasteiger partial charge in [0.2, 0.25) is 0 Å². The first-order chi connectivity index (χ1) is 10.5. The number of hydrogen-bond donors (Lipinski definition) is 0. The molecule has 0 radical (unpaired) electrons. The van der Waals surface area contributed by atoms with Gasteiger partial charge in [-0.3, -0.25) is 14.9 Å². The molecule has 120 valence electrons. The summed E-state index contributed by atoms with van der Waals surface area (Å²) in [6.07, 6.45) is 1.67. The number of likely N-dealkylation sites (tertiary alicyclic amines) is 1. The van der Waals surface area contributed by atoms with Gasteiger partial charge < -0.3 is 14.4 Å². The normalized spacial score (nSPS) is 15.7. The molecule has 8 heteroatoms. The van der Waals surface area contributed by atoms with Crippen molar-refractivity contribution in [2.45, 2.75) is 18.9 Å². The van der Waals surface area contributed by atoms with E-state index in [9.17, 15) is 14.9 Å². The molecule has 0 saturated carbocycles. The Kier molecular flexibility index (Phi) is 5.20. The molecule has 1 fully saturated rings. The van der Waals surface area contributed by atoms with Crippen LogP contribution in [0.15, 0.2) is 12.1 Å². The Balaban J connectivity index is 2.25. The zero-order chi connectivity index (χ0) is 16.3. The summed E-state index contributed by atoms with van der Waals surface area (Å²) in [4.78, 5) is 24.6. The lowest BCUT2D eigenvalue weighted by atomic mass is 10.1. The van der Waals surface area contributed by atoms with Crippen molar-refractivity contribution in [3.05, 3.63) is 32.8 Å². The van der Waals surface area contributed by atoms with E-state index in [1.807, 2.05) is 0 Å². The Morgan fingerprint density at radius 1 is 1.36 bits per heavy atom.